The number of rotatable bonds is 3. The highest BCUT2D eigenvalue weighted by Crippen LogP contribution is 2.27. The number of halogens is 1. The minimum Gasteiger partial charge on any atom is -0.457 e. The smallest absolute Gasteiger partial charge is 0.152 e. The molecule has 1 aromatic carbocycles. The molecule has 0 aromatic heterocycles. The van der Waals surface area contributed by atoms with Gasteiger partial charge in [-0.3, -0.25) is 5.01 Å². The Balaban J connectivity index is 2.12. The van der Waals surface area contributed by atoms with Gasteiger partial charge in [0.25, 0.3) is 0 Å². The number of hydrazone groups is 1. The van der Waals surface area contributed by atoms with E-state index in [0.29, 0.717) is 23.6 Å². The van der Waals surface area contributed by atoms with E-state index in [1.807, 2.05) is 13.0 Å². The first-order chi connectivity index (χ1) is 9.11. The predicted octanol–water partition coefficient (Wildman–Crippen LogP) is 2.81. The molecule has 0 amide bonds. The number of benzene rings is 1. The lowest BCUT2D eigenvalue weighted by Gasteiger charge is -2.18. The Morgan fingerprint density at radius 1 is 1.47 bits per heavy atom. The van der Waals surface area contributed by atoms with Crippen LogP contribution < -0.4 is 10.5 Å². The van der Waals surface area contributed by atoms with Gasteiger partial charge in [0, 0.05) is 18.0 Å². The zero-order chi connectivity index (χ0) is 13.8. The number of anilines is 1. The van der Waals surface area contributed by atoms with Gasteiger partial charge in [-0.15, -0.1) is 0 Å². The highest BCUT2D eigenvalue weighted by Gasteiger charge is 2.11. The standard InChI is InChI=1S/C14H16FN3O/c1-3-17-18-8-6-11(7-9-18)19-13-5-4-12(16)14(15)10(13)2/h3-8H,9,16H2,1-2H3/b17-3-. The van der Waals surface area contributed by atoms with Crippen molar-refractivity contribution < 1.29 is 9.13 Å². The van der Waals surface area contributed by atoms with Crippen LogP contribution in [0.2, 0.25) is 0 Å². The number of hydrogen-bond acceptors (Lipinski definition) is 4. The molecule has 2 rings (SSSR count). The third kappa shape index (κ3) is 2.93. The average Bonchev–Trinajstić information content (AvgIpc) is 2.42. The first kappa shape index (κ1) is 13.1. The van der Waals surface area contributed by atoms with Gasteiger partial charge < -0.3 is 10.5 Å². The van der Waals surface area contributed by atoms with Crippen molar-refractivity contribution in [1.29, 1.82) is 0 Å². The van der Waals surface area contributed by atoms with Crippen LogP contribution in [-0.4, -0.2) is 17.8 Å². The molecular weight excluding hydrogens is 245 g/mol. The monoisotopic (exact) mass is 261 g/mol. The molecule has 1 heterocycles. The molecule has 2 N–H and O–H groups in total. The third-order valence-corrected chi connectivity index (χ3v) is 2.75. The highest BCUT2D eigenvalue weighted by atomic mass is 19.1. The number of nitrogen functional groups attached to an aromatic ring is 1. The molecule has 4 nitrogen and oxygen atoms in total. The van der Waals surface area contributed by atoms with Crippen LogP contribution in [-0.2, 0) is 0 Å². The summed E-state index contributed by atoms with van der Waals surface area (Å²) in [4.78, 5) is 0. The number of nitrogens with two attached hydrogens (primary N) is 1. The lowest BCUT2D eigenvalue weighted by Crippen LogP contribution is -2.15. The maximum Gasteiger partial charge on any atom is 0.152 e. The van der Waals surface area contributed by atoms with Crippen molar-refractivity contribution in [2.75, 3.05) is 12.3 Å². The molecule has 1 aliphatic rings. The SMILES string of the molecule is C/C=N\N1C=CC(Oc2ccc(N)c(F)c2C)=CC1. The topological polar surface area (TPSA) is 50.8 Å². The first-order valence-electron chi connectivity index (χ1n) is 5.98. The van der Waals surface area contributed by atoms with Gasteiger partial charge in [-0.1, -0.05) is 0 Å². The molecule has 0 bridgehead atoms. The van der Waals surface area contributed by atoms with Crippen LogP contribution in [0.1, 0.15) is 12.5 Å². The molecule has 5 heteroatoms. The van der Waals surface area contributed by atoms with Gasteiger partial charge in [0.1, 0.15) is 11.5 Å². The molecule has 0 unspecified atom stereocenters. The molecule has 0 spiro atoms. The molecule has 0 fully saturated rings. The maximum atomic E-state index is 13.6. The van der Waals surface area contributed by atoms with Crippen LogP contribution in [0.15, 0.2) is 41.3 Å². The van der Waals surface area contributed by atoms with Crippen molar-refractivity contribution in [3.63, 3.8) is 0 Å². The van der Waals surface area contributed by atoms with Gasteiger partial charge in [0.2, 0.25) is 0 Å². The fourth-order valence-corrected chi connectivity index (χ4v) is 1.71. The van der Waals surface area contributed by atoms with Crippen LogP contribution in [0.25, 0.3) is 0 Å². The Labute approximate surface area is 111 Å². The summed E-state index contributed by atoms with van der Waals surface area (Å²) >= 11 is 0. The van der Waals surface area contributed by atoms with Gasteiger partial charge in [-0.2, -0.15) is 5.10 Å². The lowest BCUT2D eigenvalue weighted by molar-refractivity contribution is 0.392. The van der Waals surface area contributed by atoms with E-state index in [4.69, 9.17) is 10.5 Å². The zero-order valence-electron chi connectivity index (χ0n) is 10.9. The largest absolute Gasteiger partial charge is 0.457 e. The fourth-order valence-electron chi connectivity index (χ4n) is 1.71. The molecule has 100 valence electrons. The van der Waals surface area contributed by atoms with E-state index in [9.17, 15) is 4.39 Å². The molecule has 0 radical (unpaired) electrons. The van der Waals surface area contributed by atoms with Crippen molar-refractivity contribution in [2.45, 2.75) is 13.8 Å². The summed E-state index contributed by atoms with van der Waals surface area (Å²) in [5.74, 6) is 0.694. The van der Waals surface area contributed by atoms with Crippen LogP contribution in [0.3, 0.4) is 0 Å². The normalized spacial score (nSPS) is 14.9. The first-order valence-corrected chi connectivity index (χ1v) is 5.98. The summed E-state index contributed by atoms with van der Waals surface area (Å²) < 4.78 is 19.3. The average molecular weight is 261 g/mol. The third-order valence-electron chi connectivity index (χ3n) is 2.75. The van der Waals surface area contributed by atoms with E-state index >= 15 is 0 Å². The van der Waals surface area contributed by atoms with Gasteiger partial charge in [0.05, 0.1) is 12.2 Å². The van der Waals surface area contributed by atoms with Crippen molar-refractivity contribution in [1.82, 2.24) is 5.01 Å². The Morgan fingerprint density at radius 3 is 2.89 bits per heavy atom. The van der Waals surface area contributed by atoms with Gasteiger partial charge in [-0.05, 0) is 38.1 Å². The van der Waals surface area contributed by atoms with Gasteiger partial charge >= 0.3 is 0 Å². The predicted molar refractivity (Wildman–Crippen MR) is 74.3 cm³/mol. The lowest BCUT2D eigenvalue weighted by atomic mass is 10.2. The van der Waals surface area contributed by atoms with Crippen LogP contribution in [0.4, 0.5) is 10.1 Å². The van der Waals surface area contributed by atoms with Crippen molar-refractivity contribution in [3.8, 4) is 5.75 Å². The molecule has 0 saturated heterocycles. The van der Waals surface area contributed by atoms with Crippen LogP contribution in [0, 0.1) is 12.7 Å². The number of nitrogens with zero attached hydrogens (tertiary/aromatic N) is 2. The van der Waals surface area contributed by atoms with E-state index < -0.39 is 5.82 Å². The van der Waals surface area contributed by atoms with Gasteiger partial charge in [0.15, 0.2) is 5.82 Å². The minimum atomic E-state index is -0.435. The quantitative estimate of drug-likeness (QED) is 0.672. The summed E-state index contributed by atoms with van der Waals surface area (Å²) in [6.07, 6.45) is 7.17. The number of hydrogen-bond donors (Lipinski definition) is 1. The summed E-state index contributed by atoms with van der Waals surface area (Å²) in [7, 11) is 0. The van der Waals surface area contributed by atoms with Crippen LogP contribution >= 0.6 is 0 Å². The zero-order valence-corrected chi connectivity index (χ0v) is 10.9. The second kappa shape index (κ2) is 5.56. The van der Waals surface area contributed by atoms with E-state index in [1.54, 1.807) is 36.5 Å². The molecular formula is C14H16FN3O. The van der Waals surface area contributed by atoms with Crippen molar-refractivity contribution in [3.05, 3.63) is 47.6 Å². The molecule has 0 aliphatic carbocycles. The summed E-state index contributed by atoms with van der Waals surface area (Å²) in [5.41, 5.74) is 6.02. The van der Waals surface area contributed by atoms with E-state index in [-0.39, 0.29) is 5.69 Å². The summed E-state index contributed by atoms with van der Waals surface area (Å²) in [5, 5.41) is 5.88. The number of allylic oxidation sites excluding steroid dienone is 1. The Bertz CT molecular complexity index is 564. The van der Waals surface area contributed by atoms with E-state index in [2.05, 4.69) is 5.10 Å². The molecule has 19 heavy (non-hydrogen) atoms. The molecule has 0 saturated carbocycles. The number of ether oxygens (including phenoxy) is 1. The highest BCUT2D eigenvalue weighted by molar-refractivity contribution is 5.53. The second-order valence-electron chi connectivity index (χ2n) is 4.11. The summed E-state index contributed by atoms with van der Waals surface area (Å²) in [6, 6.07) is 3.16. The van der Waals surface area contributed by atoms with E-state index in [0.717, 1.165) is 0 Å². The van der Waals surface area contributed by atoms with Crippen molar-refractivity contribution >= 4 is 11.9 Å². The maximum absolute atomic E-state index is 13.6. The van der Waals surface area contributed by atoms with Crippen molar-refractivity contribution in [2.24, 2.45) is 5.10 Å². The van der Waals surface area contributed by atoms with Gasteiger partial charge in [-0.25, -0.2) is 4.39 Å². The Hall–Kier alpha value is -2.30. The Kier molecular flexibility index (Phi) is 3.85. The van der Waals surface area contributed by atoms with Crippen LogP contribution in [0.5, 0.6) is 5.75 Å². The molecule has 1 aliphatic heterocycles. The molecule has 0 atom stereocenters. The second-order valence-corrected chi connectivity index (χ2v) is 4.11. The minimum absolute atomic E-state index is 0.126. The fraction of sp³-hybridized carbons (Fsp3) is 0.214. The summed E-state index contributed by atoms with van der Waals surface area (Å²) in [6.45, 7) is 4.11. The van der Waals surface area contributed by atoms with E-state index in [1.165, 1.54) is 6.07 Å². The molecule has 1 aromatic rings. The Morgan fingerprint density at radius 2 is 2.26 bits per heavy atom.